The number of esters is 1. The molecule has 2 unspecified atom stereocenters. The van der Waals surface area contributed by atoms with Crippen LogP contribution in [0.1, 0.15) is 43.5 Å². The van der Waals surface area contributed by atoms with E-state index in [-0.39, 0.29) is 33.6 Å². The highest BCUT2D eigenvalue weighted by Gasteiger charge is 2.29. The minimum Gasteiger partial charge on any atom is -0.452 e. The first-order valence-electron chi connectivity index (χ1n) is 10.1. The number of carbonyl (C=O) groups is 2. The summed E-state index contributed by atoms with van der Waals surface area (Å²) in [6.07, 6.45) is 2.42. The fraction of sp³-hybridized carbons (Fsp3) is 0.600. The third kappa shape index (κ3) is 5.32. The minimum absolute atomic E-state index is 0.0112. The number of morpholine rings is 1. The Morgan fingerprint density at radius 1 is 1.13 bits per heavy atom. The zero-order valence-electron chi connectivity index (χ0n) is 17.2. The maximum Gasteiger partial charge on any atom is 0.340 e. The van der Waals surface area contributed by atoms with Crippen LogP contribution >= 0.6 is 11.6 Å². The second-order valence-electron chi connectivity index (χ2n) is 7.74. The molecular formula is C20H27ClN2O6S. The zero-order valence-corrected chi connectivity index (χ0v) is 18.7. The van der Waals surface area contributed by atoms with Gasteiger partial charge in [0.2, 0.25) is 10.0 Å². The Hall–Kier alpha value is -1.68. The quantitative estimate of drug-likeness (QED) is 0.628. The van der Waals surface area contributed by atoms with E-state index >= 15 is 0 Å². The van der Waals surface area contributed by atoms with E-state index in [2.05, 4.69) is 0 Å². The summed E-state index contributed by atoms with van der Waals surface area (Å²) in [6, 6.07) is 3.96. The second-order valence-corrected chi connectivity index (χ2v) is 10.1. The molecule has 166 valence electrons. The number of sulfonamides is 1. The van der Waals surface area contributed by atoms with Gasteiger partial charge in [0.15, 0.2) is 6.61 Å². The molecule has 2 aliphatic heterocycles. The number of amides is 1. The van der Waals surface area contributed by atoms with Gasteiger partial charge in [-0.15, -0.1) is 0 Å². The third-order valence-electron chi connectivity index (χ3n) is 5.21. The normalized spacial score (nSPS) is 23.2. The molecule has 3 rings (SSSR count). The summed E-state index contributed by atoms with van der Waals surface area (Å²) < 4.78 is 37.9. The molecule has 1 amide bonds. The van der Waals surface area contributed by atoms with Crippen LogP contribution in [0.5, 0.6) is 0 Å². The molecule has 0 spiro atoms. The third-order valence-corrected chi connectivity index (χ3v) is 7.43. The van der Waals surface area contributed by atoms with E-state index < -0.39 is 22.6 Å². The number of benzene rings is 1. The molecule has 0 aliphatic carbocycles. The fourth-order valence-corrected chi connectivity index (χ4v) is 5.49. The lowest BCUT2D eigenvalue weighted by atomic mass is 10.2. The second kappa shape index (κ2) is 9.64. The van der Waals surface area contributed by atoms with Crippen molar-refractivity contribution in [3.8, 4) is 0 Å². The van der Waals surface area contributed by atoms with Crippen molar-refractivity contribution in [3.63, 3.8) is 0 Å². The Balaban J connectivity index is 1.68. The Bertz CT molecular complexity index is 891. The van der Waals surface area contributed by atoms with Gasteiger partial charge >= 0.3 is 5.97 Å². The van der Waals surface area contributed by atoms with E-state index in [1.165, 1.54) is 22.5 Å². The molecule has 8 nitrogen and oxygen atoms in total. The van der Waals surface area contributed by atoms with Crippen LogP contribution < -0.4 is 0 Å². The van der Waals surface area contributed by atoms with Crippen molar-refractivity contribution in [2.24, 2.45) is 0 Å². The first-order valence-corrected chi connectivity index (χ1v) is 11.9. The van der Waals surface area contributed by atoms with Gasteiger partial charge in [-0.3, -0.25) is 4.79 Å². The van der Waals surface area contributed by atoms with Crippen molar-refractivity contribution < 1.29 is 27.5 Å². The maximum atomic E-state index is 12.9. The number of hydrogen-bond acceptors (Lipinski definition) is 6. The van der Waals surface area contributed by atoms with E-state index in [1.54, 1.807) is 4.90 Å². The summed E-state index contributed by atoms with van der Waals surface area (Å²) in [5.74, 6) is -1.17. The molecule has 2 heterocycles. The van der Waals surface area contributed by atoms with Crippen molar-refractivity contribution in [3.05, 3.63) is 28.8 Å². The molecular weight excluding hydrogens is 432 g/mol. The summed E-state index contributed by atoms with van der Waals surface area (Å²) in [7, 11) is -3.72. The molecule has 0 radical (unpaired) electrons. The zero-order chi connectivity index (χ0) is 21.9. The molecule has 0 saturated carbocycles. The molecule has 0 N–H and O–H groups in total. The van der Waals surface area contributed by atoms with Crippen molar-refractivity contribution in [1.82, 2.24) is 9.21 Å². The van der Waals surface area contributed by atoms with Gasteiger partial charge in [0.1, 0.15) is 0 Å². The number of piperidine rings is 1. The molecule has 0 aromatic heterocycles. The predicted octanol–water partition coefficient (Wildman–Crippen LogP) is 2.31. The van der Waals surface area contributed by atoms with Crippen LogP contribution in [0.15, 0.2) is 23.1 Å². The number of nitrogens with zero attached hydrogens (tertiary/aromatic N) is 2. The summed E-state index contributed by atoms with van der Waals surface area (Å²) in [4.78, 5) is 26.5. The van der Waals surface area contributed by atoms with Crippen molar-refractivity contribution in [2.45, 2.75) is 50.2 Å². The molecule has 1 aromatic carbocycles. The van der Waals surface area contributed by atoms with Crippen LogP contribution in [0.25, 0.3) is 0 Å². The first kappa shape index (κ1) is 23.0. The van der Waals surface area contributed by atoms with Gasteiger partial charge in [0.25, 0.3) is 5.91 Å². The van der Waals surface area contributed by atoms with Crippen LogP contribution in [-0.4, -0.2) is 74.5 Å². The molecule has 0 bridgehead atoms. The van der Waals surface area contributed by atoms with Gasteiger partial charge in [-0.25, -0.2) is 13.2 Å². The van der Waals surface area contributed by atoms with E-state index in [4.69, 9.17) is 21.1 Å². The number of carbonyl (C=O) groups excluding carboxylic acids is 2. The molecule has 10 heteroatoms. The Kier molecular flexibility index (Phi) is 7.38. The van der Waals surface area contributed by atoms with Crippen LogP contribution in [0.3, 0.4) is 0 Å². The molecule has 1 aromatic rings. The largest absolute Gasteiger partial charge is 0.452 e. The minimum atomic E-state index is -3.72. The molecule has 2 aliphatic rings. The number of rotatable bonds is 5. The fourth-order valence-electron chi connectivity index (χ4n) is 3.75. The number of halogens is 1. The van der Waals surface area contributed by atoms with Gasteiger partial charge in [0.05, 0.1) is 27.7 Å². The molecule has 30 heavy (non-hydrogen) atoms. The Labute approximate surface area is 182 Å². The lowest BCUT2D eigenvalue weighted by Gasteiger charge is -2.35. The summed E-state index contributed by atoms with van der Waals surface area (Å²) >= 11 is 6.11. The van der Waals surface area contributed by atoms with Crippen molar-refractivity contribution in [1.29, 1.82) is 0 Å². The Morgan fingerprint density at radius 2 is 1.77 bits per heavy atom. The van der Waals surface area contributed by atoms with Crippen molar-refractivity contribution >= 4 is 33.5 Å². The van der Waals surface area contributed by atoms with Gasteiger partial charge in [-0.1, -0.05) is 18.0 Å². The van der Waals surface area contributed by atoms with Gasteiger partial charge in [-0.2, -0.15) is 4.31 Å². The first-order chi connectivity index (χ1) is 14.2. The van der Waals surface area contributed by atoms with E-state index in [1.807, 2.05) is 13.8 Å². The average Bonchev–Trinajstić information content (AvgIpc) is 2.71. The van der Waals surface area contributed by atoms with Crippen LogP contribution in [0.2, 0.25) is 5.02 Å². The standard InChI is InChI=1S/C20H27ClN2O6S/c1-14-11-22(12-15(2)29-14)19(24)13-28-20(25)17-10-16(6-7-18(17)21)30(26,27)23-8-4-3-5-9-23/h6-7,10,14-15H,3-5,8-9,11-13H2,1-2H3. The van der Waals surface area contributed by atoms with Crippen molar-refractivity contribution in [2.75, 3.05) is 32.8 Å². The van der Waals surface area contributed by atoms with Gasteiger partial charge < -0.3 is 14.4 Å². The lowest BCUT2D eigenvalue weighted by Crippen LogP contribution is -2.49. The SMILES string of the molecule is CC1CN(C(=O)COC(=O)c2cc(S(=O)(=O)N3CCCCC3)ccc2Cl)CC(C)O1. The van der Waals surface area contributed by atoms with Gasteiger partial charge in [0, 0.05) is 26.2 Å². The molecule has 2 saturated heterocycles. The van der Waals surface area contributed by atoms with Crippen LogP contribution in [0, 0.1) is 0 Å². The lowest BCUT2D eigenvalue weighted by molar-refractivity contribution is -0.146. The highest BCUT2D eigenvalue weighted by molar-refractivity contribution is 7.89. The smallest absolute Gasteiger partial charge is 0.340 e. The number of hydrogen-bond donors (Lipinski definition) is 0. The van der Waals surface area contributed by atoms with Gasteiger partial charge in [-0.05, 0) is 44.9 Å². The summed E-state index contributed by atoms with van der Waals surface area (Å²) in [5, 5.41) is 0.0682. The predicted molar refractivity (Wildman–Crippen MR) is 111 cm³/mol. The highest BCUT2D eigenvalue weighted by atomic mass is 35.5. The van der Waals surface area contributed by atoms with Crippen LogP contribution in [0.4, 0.5) is 0 Å². The highest BCUT2D eigenvalue weighted by Crippen LogP contribution is 2.25. The average molecular weight is 459 g/mol. The van der Waals surface area contributed by atoms with Crippen LogP contribution in [-0.2, 0) is 24.3 Å². The Morgan fingerprint density at radius 3 is 2.40 bits per heavy atom. The molecule has 2 fully saturated rings. The van der Waals surface area contributed by atoms with E-state index in [9.17, 15) is 18.0 Å². The maximum absolute atomic E-state index is 12.9. The topological polar surface area (TPSA) is 93.2 Å². The summed E-state index contributed by atoms with van der Waals surface area (Å²) in [6.45, 7) is 5.05. The number of ether oxygens (including phenoxy) is 2. The monoisotopic (exact) mass is 458 g/mol. The molecule has 2 atom stereocenters. The summed E-state index contributed by atoms with van der Waals surface area (Å²) in [5.41, 5.74) is -0.0775. The van der Waals surface area contributed by atoms with E-state index in [0.717, 1.165) is 19.3 Å². The van der Waals surface area contributed by atoms with E-state index in [0.29, 0.717) is 26.2 Å².